The summed E-state index contributed by atoms with van der Waals surface area (Å²) in [7, 11) is 1.84. The zero-order chi connectivity index (χ0) is 13.1. The molecule has 18 heavy (non-hydrogen) atoms. The number of ether oxygens (including phenoxy) is 1. The minimum atomic E-state index is -0.0928. The molecule has 1 aromatic carbocycles. The van der Waals surface area contributed by atoms with Crippen LogP contribution in [0.4, 0.5) is 0 Å². The highest BCUT2D eigenvalue weighted by Crippen LogP contribution is 2.17. The average Bonchev–Trinajstić information content (AvgIpc) is 2.74. The Balaban J connectivity index is 2.25. The molecular formula is C14H16N2O2. The molecule has 0 N–H and O–H groups in total. The van der Waals surface area contributed by atoms with E-state index in [1.807, 2.05) is 33.0 Å². The topological polar surface area (TPSA) is 44.1 Å². The molecular weight excluding hydrogens is 228 g/mol. The first-order chi connectivity index (χ1) is 8.56. The van der Waals surface area contributed by atoms with E-state index >= 15 is 0 Å². The smallest absolute Gasteiger partial charge is 0.213 e. The van der Waals surface area contributed by atoms with Gasteiger partial charge in [-0.1, -0.05) is 12.1 Å². The van der Waals surface area contributed by atoms with Gasteiger partial charge in [-0.15, -0.1) is 0 Å². The van der Waals surface area contributed by atoms with Gasteiger partial charge in [-0.25, -0.2) is 4.98 Å². The van der Waals surface area contributed by atoms with E-state index in [9.17, 15) is 4.79 Å². The lowest BCUT2D eigenvalue weighted by Crippen LogP contribution is -2.07. The molecule has 0 saturated heterocycles. The SMILES string of the molecule is CC(C)Oc1cccc(C(=O)c2cn(C)cn2)c1. The number of hydrogen-bond acceptors (Lipinski definition) is 3. The molecule has 0 saturated carbocycles. The van der Waals surface area contributed by atoms with E-state index in [1.165, 1.54) is 0 Å². The number of rotatable bonds is 4. The number of benzene rings is 1. The van der Waals surface area contributed by atoms with Gasteiger partial charge in [0.1, 0.15) is 11.4 Å². The molecule has 4 heteroatoms. The van der Waals surface area contributed by atoms with Crippen LogP contribution in [0.25, 0.3) is 0 Å². The molecule has 0 unspecified atom stereocenters. The number of aromatic nitrogens is 2. The number of carbonyl (C=O) groups is 1. The van der Waals surface area contributed by atoms with Gasteiger partial charge in [0, 0.05) is 18.8 Å². The summed E-state index contributed by atoms with van der Waals surface area (Å²) in [5, 5.41) is 0. The molecule has 0 spiro atoms. The van der Waals surface area contributed by atoms with E-state index < -0.39 is 0 Å². The first kappa shape index (κ1) is 12.4. The molecule has 1 heterocycles. The Morgan fingerprint density at radius 1 is 1.39 bits per heavy atom. The molecule has 0 aliphatic carbocycles. The Kier molecular flexibility index (Phi) is 3.46. The summed E-state index contributed by atoms with van der Waals surface area (Å²) in [4.78, 5) is 16.2. The highest BCUT2D eigenvalue weighted by atomic mass is 16.5. The number of imidazole rings is 1. The molecule has 0 aliphatic rings. The van der Waals surface area contributed by atoms with Crippen molar-refractivity contribution >= 4 is 5.78 Å². The molecule has 0 bridgehead atoms. The highest BCUT2D eigenvalue weighted by Gasteiger charge is 2.12. The van der Waals surface area contributed by atoms with Gasteiger partial charge < -0.3 is 9.30 Å². The lowest BCUT2D eigenvalue weighted by atomic mass is 10.1. The Hall–Kier alpha value is -2.10. The first-order valence-corrected chi connectivity index (χ1v) is 5.85. The van der Waals surface area contributed by atoms with Crippen LogP contribution in [0.2, 0.25) is 0 Å². The zero-order valence-corrected chi connectivity index (χ0v) is 10.8. The maximum Gasteiger partial charge on any atom is 0.213 e. The minimum Gasteiger partial charge on any atom is -0.491 e. The summed E-state index contributed by atoms with van der Waals surface area (Å²) in [5.41, 5.74) is 1.03. The van der Waals surface area contributed by atoms with Gasteiger partial charge >= 0.3 is 0 Å². The molecule has 0 fully saturated rings. The number of ketones is 1. The Morgan fingerprint density at radius 3 is 2.78 bits per heavy atom. The van der Waals surface area contributed by atoms with Gasteiger partial charge in [0.2, 0.25) is 5.78 Å². The highest BCUT2D eigenvalue weighted by molar-refractivity contribution is 6.07. The second-order valence-electron chi connectivity index (χ2n) is 4.45. The molecule has 0 radical (unpaired) electrons. The number of aryl methyl sites for hydroxylation is 1. The standard InChI is InChI=1S/C14H16N2O2/c1-10(2)18-12-6-4-5-11(7-12)14(17)13-8-16(3)9-15-13/h4-10H,1-3H3. The van der Waals surface area contributed by atoms with Gasteiger partial charge in [-0.05, 0) is 26.0 Å². The predicted molar refractivity (Wildman–Crippen MR) is 68.8 cm³/mol. The molecule has 94 valence electrons. The maximum absolute atomic E-state index is 12.2. The van der Waals surface area contributed by atoms with E-state index in [-0.39, 0.29) is 11.9 Å². The summed E-state index contributed by atoms with van der Waals surface area (Å²) in [6.45, 7) is 3.90. The van der Waals surface area contributed by atoms with Crippen molar-refractivity contribution in [2.24, 2.45) is 7.05 Å². The van der Waals surface area contributed by atoms with E-state index in [0.717, 1.165) is 0 Å². The van der Waals surface area contributed by atoms with Crippen molar-refractivity contribution in [2.75, 3.05) is 0 Å². The maximum atomic E-state index is 12.2. The summed E-state index contributed by atoms with van der Waals surface area (Å²) in [6, 6.07) is 7.17. The lowest BCUT2D eigenvalue weighted by Gasteiger charge is -2.10. The Morgan fingerprint density at radius 2 is 2.17 bits per heavy atom. The Bertz CT molecular complexity index is 558. The number of carbonyl (C=O) groups excluding carboxylic acids is 1. The van der Waals surface area contributed by atoms with Crippen LogP contribution in [0.3, 0.4) is 0 Å². The van der Waals surface area contributed by atoms with Crippen molar-refractivity contribution < 1.29 is 9.53 Å². The third-order valence-corrected chi connectivity index (χ3v) is 2.41. The second kappa shape index (κ2) is 5.04. The fourth-order valence-electron chi connectivity index (χ4n) is 1.66. The molecule has 0 amide bonds. The number of hydrogen-bond donors (Lipinski definition) is 0. The van der Waals surface area contributed by atoms with E-state index in [4.69, 9.17) is 4.74 Å². The molecule has 2 aromatic rings. The van der Waals surface area contributed by atoms with Crippen LogP contribution in [-0.2, 0) is 7.05 Å². The van der Waals surface area contributed by atoms with Crippen LogP contribution in [0.15, 0.2) is 36.8 Å². The normalized spacial score (nSPS) is 10.7. The molecule has 0 atom stereocenters. The molecule has 4 nitrogen and oxygen atoms in total. The number of nitrogens with zero attached hydrogens (tertiary/aromatic N) is 2. The fourth-order valence-corrected chi connectivity index (χ4v) is 1.66. The van der Waals surface area contributed by atoms with Crippen molar-refractivity contribution in [3.8, 4) is 5.75 Å². The van der Waals surface area contributed by atoms with Crippen LogP contribution < -0.4 is 4.74 Å². The van der Waals surface area contributed by atoms with Crippen molar-refractivity contribution in [3.05, 3.63) is 48.0 Å². The van der Waals surface area contributed by atoms with Crippen molar-refractivity contribution in [1.82, 2.24) is 9.55 Å². The lowest BCUT2D eigenvalue weighted by molar-refractivity contribution is 0.103. The van der Waals surface area contributed by atoms with E-state index in [0.29, 0.717) is 17.0 Å². The van der Waals surface area contributed by atoms with Gasteiger partial charge in [0.25, 0.3) is 0 Å². The van der Waals surface area contributed by atoms with Gasteiger partial charge in [0.15, 0.2) is 0 Å². The quantitative estimate of drug-likeness (QED) is 0.776. The predicted octanol–water partition coefficient (Wildman–Crippen LogP) is 2.44. The Labute approximate surface area is 106 Å². The molecule has 2 rings (SSSR count). The average molecular weight is 244 g/mol. The van der Waals surface area contributed by atoms with Crippen LogP contribution in [0, 0.1) is 0 Å². The van der Waals surface area contributed by atoms with Crippen molar-refractivity contribution in [3.63, 3.8) is 0 Å². The largest absolute Gasteiger partial charge is 0.491 e. The van der Waals surface area contributed by atoms with Gasteiger partial charge in [0.05, 0.1) is 12.4 Å². The van der Waals surface area contributed by atoms with Crippen molar-refractivity contribution in [2.45, 2.75) is 20.0 Å². The summed E-state index contributed by atoms with van der Waals surface area (Å²) >= 11 is 0. The van der Waals surface area contributed by atoms with Gasteiger partial charge in [-0.3, -0.25) is 4.79 Å². The van der Waals surface area contributed by atoms with Crippen molar-refractivity contribution in [1.29, 1.82) is 0 Å². The van der Waals surface area contributed by atoms with E-state index in [2.05, 4.69) is 4.98 Å². The summed E-state index contributed by atoms with van der Waals surface area (Å²) < 4.78 is 7.32. The van der Waals surface area contributed by atoms with Crippen LogP contribution in [0.5, 0.6) is 5.75 Å². The van der Waals surface area contributed by atoms with Crippen LogP contribution in [0.1, 0.15) is 29.9 Å². The summed E-state index contributed by atoms with van der Waals surface area (Å²) in [5.74, 6) is 0.608. The monoisotopic (exact) mass is 244 g/mol. The first-order valence-electron chi connectivity index (χ1n) is 5.85. The molecule has 0 aliphatic heterocycles. The minimum absolute atomic E-state index is 0.0882. The van der Waals surface area contributed by atoms with E-state index in [1.54, 1.807) is 29.2 Å². The van der Waals surface area contributed by atoms with Crippen LogP contribution >= 0.6 is 0 Å². The fraction of sp³-hybridized carbons (Fsp3) is 0.286. The second-order valence-corrected chi connectivity index (χ2v) is 4.45. The zero-order valence-electron chi connectivity index (χ0n) is 10.8. The third-order valence-electron chi connectivity index (χ3n) is 2.41. The summed E-state index contributed by atoms with van der Waals surface area (Å²) in [6.07, 6.45) is 3.41. The molecule has 1 aromatic heterocycles. The van der Waals surface area contributed by atoms with Gasteiger partial charge in [-0.2, -0.15) is 0 Å². The third kappa shape index (κ3) is 2.77. The van der Waals surface area contributed by atoms with Crippen LogP contribution in [-0.4, -0.2) is 21.4 Å².